The zero-order chi connectivity index (χ0) is 14.3. The van der Waals surface area contributed by atoms with Crippen LogP contribution in [0, 0.1) is 5.41 Å². The standard InChI is InChI=1S/C18H29N3/c1-21-17-6-4-5-16(15(17)13-19-21)20-14-7-11-18(12-8-14)9-2-3-10-18/h13-14,16,20H,2-12H2,1H3. The number of fused-ring (bicyclic) bond motifs is 1. The van der Waals surface area contributed by atoms with Crippen LogP contribution in [0.1, 0.15) is 81.5 Å². The molecular formula is C18H29N3. The first-order chi connectivity index (χ1) is 10.3. The van der Waals surface area contributed by atoms with Crippen molar-refractivity contribution in [1.82, 2.24) is 15.1 Å². The molecule has 1 spiro atoms. The minimum Gasteiger partial charge on any atom is -0.307 e. The van der Waals surface area contributed by atoms with Gasteiger partial charge in [-0.1, -0.05) is 12.8 Å². The molecule has 1 N–H and O–H groups in total. The van der Waals surface area contributed by atoms with Crippen LogP contribution in [0.5, 0.6) is 0 Å². The van der Waals surface area contributed by atoms with Crippen LogP contribution >= 0.6 is 0 Å². The summed E-state index contributed by atoms with van der Waals surface area (Å²) in [6.07, 6.45) is 17.6. The third kappa shape index (κ3) is 2.54. The molecule has 4 rings (SSSR count). The van der Waals surface area contributed by atoms with Crippen LogP contribution in [0.4, 0.5) is 0 Å². The van der Waals surface area contributed by atoms with E-state index in [-0.39, 0.29) is 0 Å². The number of hydrogen-bond acceptors (Lipinski definition) is 2. The lowest BCUT2D eigenvalue weighted by Crippen LogP contribution is -2.39. The first kappa shape index (κ1) is 13.8. The predicted molar refractivity (Wildman–Crippen MR) is 85.2 cm³/mol. The van der Waals surface area contributed by atoms with Crippen LogP contribution in [0.15, 0.2) is 6.20 Å². The number of aromatic nitrogens is 2. The summed E-state index contributed by atoms with van der Waals surface area (Å²) >= 11 is 0. The van der Waals surface area contributed by atoms with Gasteiger partial charge in [-0.05, 0) is 63.2 Å². The first-order valence-electron chi connectivity index (χ1n) is 9.03. The van der Waals surface area contributed by atoms with Gasteiger partial charge < -0.3 is 5.32 Å². The summed E-state index contributed by atoms with van der Waals surface area (Å²) < 4.78 is 2.08. The quantitative estimate of drug-likeness (QED) is 0.894. The summed E-state index contributed by atoms with van der Waals surface area (Å²) in [4.78, 5) is 0. The van der Waals surface area contributed by atoms with Crippen LogP contribution in [0.2, 0.25) is 0 Å². The summed E-state index contributed by atoms with van der Waals surface area (Å²) in [5, 5.41) is 8.46. The Morgan fingerprint density at radius 3 is 2.62 bits per heavy atom. The van der Waals surface area contributed by atoms with E-state index < -0.39 is 0 Å². The van der Waals surface area contributed by atoms with Gasteiger partial charge in [-0.15, -0.1) is 0 Å². The smallest absolute Gasteiger partial charge is 0.0540 e. The Balaban J connectivity index is 1.39. The molecule has 3 nitrogen and oxygen atoms in total. The maximum atomic E-state index is 4.48. The van der Waals surface area contributed by atoms with Gasteiger partial charge in [0.2, 0.25) is 0 Å². The van der Waals surface area contributed by atoms with E-state index in [2.05, 4.69) is 28.3 Å². The maximum Gasteiger partial charge on any atom is 0.0540 e. The normalized spacial score (nSPS) is 28.9. The molecule has 1 aromatic rings. The minimum atomic E-state index is 0.560. The largest absolute Gasteiger partial charge is 0.307 e. The molecule has 2 saturated carbocycles. The van der Waals surface area contributed by atoms with Crippen molar-refractivity contribution in [2.24, 2.45) is 12.5 Å². The Labute approximate surface area is 128 Å². The predicted octanol–water partition coefficient (Wildman–Crippen LogP) is 3.89. The van der Waals surface area contributed by atoms with E-state index in [1.165, 1.54) is 81.9 Å². The summed E-state index contributed by atoms with van der Waals surface area (Å²) in [5.74, 6) is 0. The molecule has 116 valence electrons. The van der Waals surface area contributed by atoms with Crippen LogP contribution in [-0.2, 0) is 13.5 Å². The second-order valence-corrected chi connectivity index (χ2v) is 7.76. The van der Waals surface area contributed by atoms with E-state index in [4.69, 9.17) is 0 Å². The third-order valence-electron chi connectivity index (χ3n) is 6.52. The number of aryl methyl sites for hydroxylation is 1. The Morgan fingerprint density at radius 1 is 1.10 bits per heavy atom. The fraction of sp³-hybridized carbons (Fsp3) is 0.833. The molecule has 0 radical (unpaired) electrons. The highest BCUT2D eigenvalue weighted by molar-refractivity contribution is 5.24. The van der Waals surface area contributed by atoms with E-state index in [1.807, 2.05) is 0 Å². The topological polar surface area (TPSA) is 29.9 Å². The second kappa shape index (κ2) is 5.42. The highest BCUT2D eigenvalue weighted by atomic mass is 15.3. The van der Waals surface area contributed by atoms with E-state index in [0.29, 0.717) is 6.04 Å². The molecule has 0 aliphatic heterocycles. The van der Waals surface area contributed by atoms with Crippen molar-refractivity contribution in [3.05, 3.63) is 17.5 Å². The Morgan fingerprint density at radius 2 is 1.86 bits per heavy atom. The summed E-state index contributed by atoms with van der Waals surface area (Å²) in [6.45, 7) is 0. The van der Waals surface area contributed by atoms with Crippen molar-refractivity contribution in [3.8, 4) is 0 Å². The van der Waals surface area contributed by atoms with Gasteiger partial charge in [0.1, 0.15) is 0 Å². The van der Waals surface area contributed by atoms with Crippen molar-refractivity contribution < 1.29 is 0 Å². The lowest BCUT2D eigenvalue weighted by atomic mass is 9.71. The lowest BCUT2D eigenvalue weighted by Gasteiger charge is -2.39. The second-order valence-electron chi connectivity index (χ2n) is 7.76. The molecule has 2 fully saturated rings. The van der Waals surface area contributed by atoms with Crippen LogP contribution in [0.25, 0.3) is 0 Å². The monoisotopic (exact) mass is 287 g/mol. The van der Waals surface area contributed by atoms with Gasteiger partial charge >= 0.3 is 0 Å². The molecular weight excluding hydrogens is 258 g/mol. The first-order valence-corrected chi connectivity index (χ1v) is 9.03. The van der Waals surface area contributed by atoms with E-state index in [9.17, 15) is 0 Å². The molecule has 0 bridgehead atoms. The maximum absolute atomic E-state index is 4.48. The average molecular weight is 287 g/mol. The van der Waals surface area contributed by atoms with Gasteiger partial charge in [-0.3, -0.25) is 4.68 Å². The van der Waals surface area contributed by atoms with Crippen molar-refractivity contribution in [1.29, 1.82) is 0 Å². The Bertz CT molecular complexity index is 489. The highest BCUT2D eigenvalue weighted by Gasteiger charge is 2.38. The Kier molecular flexibility index (Phi) is 3.56. The molecule has 1 atom stereocenters. The fourth-order valence-corrected chi connectivity index (χ4v) is 5.19. The molecule has 1 unspecified atom stereocenters. The van der Waals surface area contributed by atoms with Crippen molar-refractivity contribution >= 4 is 0 Å². The average Bonchev–Trinajstić information content (AvgIpc) is 3.11. The molecule has 1 heterocycles. The number of nitrogens with zero attached hydrogens (tertiary/aromatic N) is 2. The summed E-state index contributed by atoms with van der Waals surface area (Å²) in [6, 6.07) is 1.30. The molecule has 3 aliphatic rings. The molecule has 0 aromatic carbocycles. The summed E-state index contributed by atoms with van der Waals surface area (Å²) in [7, 11) is 2.09. The van der Waals surface area contributed by atoms with Gasteiger partial charge in [0.05, 0.1) is 6.20 Å². The molecule has 0 amide bonds. The van der Waals surface area contributed by atoms with Gasteiger partial charge in [0.25, 0.3) is 0 Å². The van der Waals surface area contributed by atoms with Crippen molar-refractivity contribution in [3.63, 3.8) is 0 Å². The lowest BCUT2D eigenvalue weighted by molar-refractivity contribution is 0.160. The molecule has 0 saturated heterocycles. The molecule has 3 heteroatoms. The van der Waals surface area contributed by atoms with Gasteiger partial charge in [-0.2, -0.15) is 5.10 Å². The van der Waals surface area contributed by atoms with E-state index >= 15 is 0 Å². The number of nitrogens with one attached hydrogen (secondary N) is 1. The molecule has 1 aromatic heterocycles. The van der Waals surface area contributed by atoms with Gasteiger partial charge in [-0.25, -0.2) is 0 Å². The van der Waals surface area contributed by atoms with Crippen molar-refractivity contribution in [2.45, 2.75) is 82.7 Å². The Hall–Kier alpha value is -0.830. The molecule has 3 aliphatic carbocycles. The highest BCUT2D eigenvalue weighted by Crippen LogP contribution is 2.49. The zero-order valence-corrected chi connectivity index (χ0v) is 13.4. The molecule has 21 heavy (non-hydrogen) atoms. The van der Waals surface area contributed by atoms with Gasteiger partial charge in [0.15, 0.2) is 0 Å². The number of hydrogen-bond donors (Lipinski definition) is 1. The van der Waals surface area contributed by atoms with Crippen LogP contribution in [-0.4, -0.2) is 15.8 Å². The van der Waals surface area contributed by atoms with E-state index in [0.717, 1.165) is 11.5 Å². The third-order valence-corrected chi connectivity index (χ3v) is 6.52. The minimum absolute atomic E-state index is 0.560. The SMILES string of the molecule is Cn1ncc2c1CCCC2NC1CCC2(CCCC2)CC1. The van der Waals surface area contributed by atoms with Crippen LogP contribution < -0.4 is 5.32 Å². The van der Waals surface area contributed by atoms with E-state index in [1.54, 1.807) is 0 Å². The zero-order valence-electron chi connectivity index (χ0n) is 13.4. The number of rotatable bonds is 2. The van der Waals surface area contributed by atoms with Crippen molar-refractivity contribution in [2.75, 3.05) is 0 Å². The van der Waals surface area contributed by atoms with Crippen LogP contribution in [0.3, 0.4) is 0 Å². The summed E-state index contributed by atoms with van der Waals surface area (Å²) in [5.41, 5.74) is 3.69. The van der Waals surface area contributed by atoms with Gasteiger partial charge in [0, 0.05) is 30.4 Å². The fourth-order valence-electron chi connectivity index (χ4n) is 5.19.